The molecule has 1 heterocycles. The molecule has 1 aliphatic heterocycles. The van der Waals surface area contributed by atoms with Crippen LogP contribution in [0.3, 0.4) is 0 Å². The highest BCUT2D eigenvalue weighted by atomic mass is 127. The Morgan fingerprint density at radius 3 is 2.82 bits per heavy atom. The van der Waals surface area contributed by atoms with E-state index in [1.54, 1.807) is 24.1 Å². The molecule has 3 nitrogen and oxygen atoms in total. The molecule has 0 aromatic heterocycles. The summed E-state index contributed by atoms with van der Waals surface area (Å²) in [6, 6.07) is 5.22. The largest absolute Gasteiger partial charge is 0.508 e. The summed E-state index contributed by atoms with van der Waals surface area (Å²) >= 11 is 2.17. The highest BCUT2D eigenvalue weighted by molar-refractivity contribution is 14.1. The van der Waals surface area contributed by atoms with E-state index < -0.39 is 0 Å². The normalized spacial score (nSPS) is 20.4. The number of benzene rings is 1. The molecule has 0 radical (unpaired) electrons. The fourth-order valence-electron chi connectivity index (χ4n) is 2.01. The average Bonchev–Trinajstić information content (AvgIpc) is 2.28. The number of hydrogen-bond donors (Lipinski definition) is 1. The maximum atomic E-state index is 11.9. The van der Waals surface area contributed by atoms with Gasteiger partial charge in [0.1, 0.15) is 5.75 Å². The Morgan fingerprint density at radius 1 is 1.47 bits per heavy atom. The fourth-order valence-corrected chi connectivity index (χ4v) is 2.68. The van der Waals surface area contributed by atoms with Crippen LogP contribution in [0.1, 0.15) is 17.5 Å². The van der Waals surface area contributed by atoms with Crippen LogP contribution in [0, 0.1) is 6.92 Å². The lowest BCUT2D eigenvalue weighted by Crippen LogP contribution is -2.35. The predicted molar refractivity (Wildman–Crippen MR) is 76.0 cm³/mol. The summed E-state index contributed by atoms with van der Waals surface area (Å²) < 4.78 is 0.0266. The van der Waals surface area contributed by atoms with Gasteiger partial charge < -0.3 is 10.0 Å². The third-order valence-corrected chi connectivity index (χ3v) is 4.01. The maximum absolute atomic E-state index is 11.9. The molecule has 1 atom stereocenters. The van der Waals surface area contributed by atoms with E-state index in [-0.39, 0.29) is 15.6 Å². The third-order valence-electron chi connectivity index (χ3n) is 2.96. The smallest absolute Gasteiger partial charge is 0.240 e. The number of alkyl halides is 1. The number of phenols is 1. The second-order valence-corrected chi connectivity index (χ2v) is 5.69. The van der Waals surface area contributed by atoms with Crippen molar-refractivity contribution in [2.24, 2.45) is 0 Å². The Bertz CT molecular complexity index is 496. The Balaban J connectivity index is 2.43. The fraction of sp³-hybridized carbons (Fsp3) is 0.308. The lowest BCUT2D eigenvalue weighted by molar-refractivity contribution is -0.126. The molecule has 1 aliphatic rings. The van der Waals surface area contributed by atoms with Crippen LogP contribution in [-0.4, -0.2) is 26.9 Å². The van der Waals surface area contributed by atoms with Gasteiger partial charge in [0.25, 0.3) is 0 Å². The summed E-state index contributed by atoms with van der Waals surface area (Å²) in [5.41, 5.74) is 2.91. The van der Waals surface area contributed by atoms with Crippen molar-refractivity contribution in [3.63, 3.8) is 0 Å². The van der Waals surface area contributed by atoms with Gasteiger partial charge in [-0.15, -0.1) is 0 Å². The summed E-state index contributed by atoms with van der Waals surface area (Å²) in [5, 5.41) is 9.39. The average molecular weight is 343 g/mol. The van der Waals surface area contributed by atoms with Crippen molar-refractivity contribution in [3.8, 4) is 5.75 Å². The van der Waals surface area contributed by atoms with Crippen LogP contribution >= 0.6 is 22.6 Å². The molecule has 0 aliphatic carbocycles. The molecule has 0 saturated heterocycles. The first-order valence-electron chi connectivity index (χ1n) is 5.42. The molecule has 0 bridgehead atoms. The van der Waals surface area contributed by atoms with E-state index >= 15 is 0 Å². The minimum absolute atomic E-state index is 0.0266. The lowest BCUT2D eigenvalue weighted by atomic mass is 10.0. The molecule has 1 aromatic rings. The number of hydrogen-bond acceptors (Lipinski definition) is 2. The Labute approximate surface area is 114 Å². The molecular weight excluding hydrogens is 329 g/mol. The number of carbonyl (C=O) groups is 1. The minimum Gasteiger partial charge on any atom is -0.508 e. The summed E-state index contributed by atoms with van der Waals surface area (Å²) in [6.07, 6.45) is 2.84. The van der Waals surface area contributed by atoms with Crippen molar-refractivity contribution < 1.29 is 9.90 Å². The van der Waals surface area contributed by atoms with Gasteiger partial charge >= 0.3 is 0 Å². The number of nitrogens with zero attached hydrogens (tertiary/aromatic N) is 1. The van der Waals surface area contributed by atoms with E-state index in [4.69, 9.17) is 0 Å². The van der Waals surface area contributed by atoms with Crippen LogP contribution in [0.15, 0.2) is 24.3 Å². The van der Waals surface area contributed by atoms with Gasteiger partial charge in [0.15, 0.2) is 0 Å². The lowest BCUT2D eigenvalue weighted by Gasteiger charge is -2.28. The zero-order valence-corrected chi connectivity index (χ0v) is 11.9. The number of aromatic hydroxyl groups is 1. The quantitative estimate of drug-likeness (QED) is 0.629. The van der Waals surface area contributed by atoms with Crippen LogP contribution in [0.5, 0.6) is 5.75 Å². The molecule has 1 amide bonds. The van der Waals surface area contributed by atoms with Crippen molar-refractivity contribution >= 4 is 34.2 Å². The number of aryl methyl sites for hydroxylation is 1. The first kappa shape index (κ1) is 12.4. The molecule has 1 N–H and O–H groups in total. The molecule has 17 heavy (non-hydrogen) atoms. The van der Waals surface area contributed by atoms with E-state index in [0.29, 0.717) is 0 Å². The molecule has 0 fully saturated rings. The first-order valence-corrected chi connectivity index (χ1v) is 6.67. The van der Waals surface area contributed by atoms with Gasteiger partial charge in [-0.2, -0.15) is 0 Å². The number of halogens is 1. The molecule has 0 spiro atoms. The van der Waals surface area contributed by atoms with Crippen LogP contribution in [0.2, 0.25) is 0 Å². The molecule has 1 aromatic carbocycles. The third kappa shape index (κ3) is 2.31. The van der Waals surface area contributed by atoms with Gasteiger partial charge in [-0.25, -0.2) is 0 Å². The number of phenolic OH excluding ortho intramolecular Hbond substituents is 1. The van der Waals surface area contributed by atoms with Crippen molar-refractivity contribution in [3.05, 3.63) is 35.4 Å². The van der Waals surface area contributed by atoms with Crippen molar-refractivity contribution in [2.45, 2.75) is 17.3 Å². The first-order chi connectivity index (χ1) is 8.00. The monoisotopic (exact) mass is 343 g/mol. The van der Waals surface area contributed by atoms with Crippen molar-refractivity contribution in [1.82, 2.24) is 4.90 Å². The highest BCUT2D eigenvalue weighted by Crippen LogP contribution is 2.30. The summed E-state index contributed by atoms with van der Waals surface area (Å²) in [6.45, 7) is 1.93. The Morgan fingerprint density at radius 2 is 2.18 bits per heavy atom. The van der Waals surface area contributed by atoms with Crippen LogP contribution in [0.4, 0.5) is 0 Å². The Kier molecular flexibility index (Phi) is 3.42. The molecule has 4 heteroatoms. The topological polar surface area (TPSA) is 40.5 Å². The zero-order chi connectivity index (χ0) is 12.6. The molecule has 1 unspecified atom stereocenters. The van der Waals surface area contributed by atoms with Crippen molar-refractivity contribution in [1.29, 1.82) is 0 Å². The number of amides is 1. The standard InChI is InChI=1S/C13H14INO2/c1-8-7-9(16)3-4-10(8)12-6-5-11(14)13(17)15(12)2/h3-4,6-7,11,16H,5H2,1-2H3. The number of rotatable bonds is 1. The van der Waals surface area contributed by atoms with Gasteiger partial charge in [-0.05, 0) is 37.1 Å². The van der Waals surface area contributed by atoms with E-state index in [0.717, 1.165) is 23.2 Å². The molecule has 0 saturated carbocycles. The maximum Gasteiger partial charge on any atom is 0.240 e. The summed E-state index contributed by atoms with van der Waals surface area (Å²) in [4.78, 5) is 13.6. The van der Waals surface area contributed by atoms with Gasteiger partial charge in [0.2, 0.25) is 5.91 Å². The number of allylic oxidation sites excluding steroid dienone is 1. The summed E-state index contributed by atoms with van der Waals surface area (Å²) in [7, 11) is 1.80. The number of carbonyl (C=O) groups excluding carboxylic acids is 1. The van der Waals surface area contributed by atoms with E-state index in [1.807, 2.05) is 13.0 Å². The van der Waals surface area contributed by atoms with E-state index in [9.17, 15) is 9.90 Å². The second-order valence-electron chi connectivity index (χ2n) is 4.19. The van der Waals surface area contributed by atoms with Gasteiger partial charge in [-0.1, -0.05) is 28.7 Å². The second kappa shape index (κ2) is 4.68. The Hall–Kier alpha value is -1.04. The van der Waals surface area contributed by atoms with Crippen molar-refractivity contribution in [2.75, 3.05) is 7.05 Å². The predicted octanol–water partition coefficient (Wildman–Crippen LogP) is 2.71. The van der Waals surface area contributed by atoms with Gasteiger partial charge in [-0.3, -0.25) is 4.79 Å². The van der Waals surface area contributed by atoms with Crippen LogP contribution in [0.25, 0.3) is 5.70 Å². The van der Waals surface area contributed by atoms with Crippen LogP contribution in [-0.2, 0) is 4.79 Å². The molecular formula is C13H14INO2. The molecule has 2 rings (SSSR count). The van der Waals surface area contributed by atoms with Gasteiger partial charge in [0, 0.05) is 18.3 Å². The van der Waals surface area contributed by atoms with E-state index in [1.165, 1.54) is 0 Å². The highest BCUT2D eigenvalue weighted by Gasteiger charge is 2.26. The zero-order valence-electron chi connectivity index (χ0n) is 9.77. The molecule has 90 valence electrons. The van der Waals surface area contributed by atoms with E-state index in [2.05, 4.69) is 28.7 Å². The SMILES string of the molecule is Cc1cc(O)ccc1C1=CCC(I)C(=O)N1C. The minimum atomic E-state index is 0.0266. The van der Waals surface area contributed by atoms with Gasteiger partial charge in [0.05, 0.1) is 3.92 Å². The summed E-state index contributed by atoms with van der Waals surface area (Å²) in [5.74, 6) is 0.388. The van der Waals surface area contributed by atoms with Crippen LogP contribution < -0.4 is 0 Å².